The molecule has 25 heavy (non-hydrogen) atoms. The number of carboxylic acid groups (broad SMARTS) is 1. The van der Waals surface area contributed by atoms with Gasteiger partial charge in [-0.05, 0) is 32.4 Å². The van der Waals surface area contributed by atoms with Gasteiger partial charge in [-0.2, -0.15) is 0 Å². The van der Waals surface area contributed by atoms with Gasteiger partial charge in [0, 0.05) is 24.8 Å². The summed E-state index contributed by atoms with van der Waals surface area (Å²) in [5.74, 6) is -0.606. The predicted octanol–water partition coefficient (Wildman–Crippen LogP) is 3.78. The minimum absolute atomic E-state index is 0.0432. The number of nitrogens with one attached hydrogen (secondary N) is 2. The lowest BCUT2D eigenvalue weighted by Crippen LogP contribution is -2.45. The Morgan fingerprint density at radius 1 is 1.20 bits per heavy atom. The highest BCUT2D eigenvalue weighted by Crippen LogP contribution is 2.36. The number of carboxylic acids is 1. The van der Waals surface area contributed by atoms with Gasteiger partial charge in [0.25, 0.3) is 0 Å². The number of halogens is 2. The van der Waals surface area contributed by atoms with E-state index in [1.165, 1.54) is 12.1 Å². The molecule has 1 aromatic rings. The summed E-state index contributed by atoms with van der Waals surface area (Å²) in [6.45, 7) is 4.16. The van der Waals surface area contributed by atoms with E-state index in [0.29, 0.717) is 31.1 Å². The molecule has 1 aromatic carbocycles. The van der Waals surface area contributed by atoms with Crippen molar-refractivity contribution in [3.05, 3.63) is 22.2 Å². The summed E-state index contributed by atoms with van der Waals surface area (Å²) in [5, 5.41) is 14.6. The second kappa shape index (κ2) is 9.70. The number of benzene rings is 1. The van der Waals surface area contributed by atoms with E-state index in [-0.39, 0.29) is 16.5 Å². The molecule has 3 N–H and O–H groups in total. The van der Waals surface area contributed by atoms with Crippen LogP contribution in [-0.4, -0.2) is 43.0 Å². The Balaban J connectivity index is 2.69. The number of urea groups is 1. The number of methoxy groups -OCH3 is 1. The van der Waals surface area contributed by atoms with Gasteiger partial charge in [0.15, 0.2) is 5.75 Å². The topological polar surface area (TPSA) is 96.9 Å². The fraction of sp³-hybridized carbons (Fsp3) is 0.500. The largest absolute Gasteiger partial charge is 0.488 e. The normalized spacial score (nSPS) is 11.1. The highest BCUT2D eigenvalue weighted by atomic mass is 35.5. The molecule has 2 amide bonds. The standard InChI is InChI=1S/C16H22Cl2N2O5/c1-16(2,5-4-13(21)22)20-15(23)19-10-8-11(17)14(12(18)9-10)25-7-6-24-3/h8-9H,4-7H2,1-3H3,(H,21,22)(H2,19,20,23). The molecule has 0 aromatic heterocycles. The van der Waals surface area contributed by atoms with E-state index in [4.69, 9.17) is 37.8 Å². The van der Waals surface area contributed by atoms with Crippen LogP contribution in [0.3, 0.4) is 0 Å². The van der Waals surface area contributed by atoms with Crippen LogP contribution < -0.4 is 15.4 Å². The van der Waals surface area contributed by atoms with Gasteiger partial charge in [0.05, 0.1) is 16.7 Å². The first-order chi connectivity index (χ1) is 11.6. The Morgan fingerprint density at radius 2 is 1.80 bits per heavy atom. The Labute approximate surface area is 156 Å². The first-order valence-electron chi connectivity index (χ1n) is 7.56. The first kappa shape index (κ1) is 21.3. The zero-order chi connectivity index (χ0) is 19.0. The van der Waals surface area contributed by atoms with Crippen molar-refractivity contribution >= 4 is 40.9 Å². The highest BCUT2D eigenvalue weighted by Gasteiger charge is 2.22. The lowest BCUT2D eigenvalue weighted by atomic mass is 9.99. The van der Waals surface area contributed by atoms with E-state index < -0.39 is 17.5 Å². The van der Waals surface area contributed by atoms with Crippen molar-refractivity contribution in [2.24, 2.45) is 0 Å². The van der Waals surface area contributed by atoms with Crippen molar-refractivity contribution in [2.45, 2.75) is 32.2 Å². The third-order valence-electron chi connectivity index (χ3n) is 3.21. The third kappa shape index (κ3) is 7.81. The summed E-state index contributed by atoms with van der Waals surface area (Å²) in [6.07, 6.45) is 0.252. The molecule has 0 aliphatic heterocycles. The van der Waals surface area contributed by atoms with Gasteiger partial charge in [-0.15, -0.1) is 0 Å². The molecular weight excluding hydrogens is 371 g/mol. The van der Waals surface area contributed by atoms with E-state index in [0.717, 1.165) is 0 Å². The minimum atomic E-state index is -0.919. The van der Waals surface area contributed by atoms with E-state index in [1.807, 2.05) is 0 Å². The summed E-state index contributed by atoms with van der Waals surface area (Å²) in [7, 11) is 1.55. The molecule has 0 saturated heterocycles. The average molecular weight is 393 g/mol. The molecule has 0 radical (unpaired) electrons. The van der Waals surface area contributed by atoms with Crippen LogP contribution in [-0.2, 0) is 9.53 Å². The molecule has 7 nitrogen and oxygen atoms in total. The van der Waals surface area contributed by atoms with Crippen LogP contribution in [0.2, 0.25) is 10.0 Å². The minimum Gasteiger partial charge on any atom is -0.488 e. The number of amides is 2. The molecule has 0 heterocycles. The maximum absolute atomic E-state index is 12.1. The highest BCUT2D eigenvalue weighted by molar-refractivity contribution is 6.37. The molecule has 0 aliphatic carbocycles. The number of carbonyl (C=O) groups excluding carboxylic acids is 1. The lowest BCUT2D eigenvalue weighted by Gasteiger charge is -2.25. The van der Waals surface area contributed by atoms with Crippen LogP contribution in [0.1, 0.15) is 26.7 Å². The summed E-state index contributed by atoms with van der Waals surface area (Å²) in [5.41, 5.74) is -0.292. The van der Waals surface area contributed by atoms with Gasteiger partial charge < -0.3 is 25.2 Å². The van der Waals surface area contributed by atoms with Crippen molar-refractivity contribution in [2.75, 3.05) is 25.6 Å². The van der Waals surface area contributed by atoms with Crippen LogP contribution in [0.5, 0.6) is 5.75 Å². The number of rotatable bonds is 9. The summed E-state index contributed by atoms with van der Waals surface area (Å²) >= 11 is 12.3. The van der Waals surface area contributed by atoms with Gasteiger partial charge in [-0.3, -0.25) is 4.79 Å². The summed E-state index contributed by atoms with van der Waals surface area (Å²) in [6, 6.07) is 2.54. The van der Waals surface area contributed by atoms with Crippen LogP contribution in [0, 0.1) is 0 Å². The van der Waals surface area contributed by atoms with Crippen molar-refractivity contribution in [1.29, 1.82) is 0 Å². The molecule has 9 heteroatoms. The quantitative estimate of drug-likeness (QED) is 0.555. The van der Waals surface area contributed by atoms with Gasteiger partial charge in [-0.25, -0.2) is 4.79 Å². The molecule has 0 saturated carbocycles. The maximum Gasteiger partial charge on any atom is 0.319 e. The van der Waals surface area contributed by atoms with Crippen LogP contribution in [0.15, 0.2) is 12.1 Å². The van der Waals surface area contributed by atoms with Gasteiger partial charge >= 0.3 is 12.0 Å². The van der Waals surface area contributed by atoms with Gasteiger partial charge in [-0.1, -0.05) is 23.2 Å². The van der Waals surface area contributed by atoms with Crippen molar-refractivity contribution in [3.63, 3.8) is 0 Å². The second-order valence-electron chi connectivity index (χ2n) is 5.97. The molecule has 1 rings (SSSR count). The Morgan fingerprint density at radius 3 is 2.32 bits per heavy atom. The number of carbonyl (C=O) groups is 2. The van der Waals surface area contributed by atoms with Crippen LogP contribution in [0.25, 0.3) is 0 Å². The Kier molecular flexibility index (Phi) is 8.28. The molecule has 0 spiro atoms. The van der Waals surface area contributed by atoms with Gasteiger partial charge in [0.1, 0.15) is 6.61 Å². The lowest BCUT2D eigenvalue weighted by molar-refractivity contribution is -0.137. The van der Waals surface area contributed by atoms with Crippen molar-refractivity contribution < 1.29 is 24.2 Å². The molecule has 0 fully saturated rings. The van der Waals surface area contributed by atoms with Crippen LogP contribution in [0.4, 0.5) is 10.5 Å². The average Bonchev–Trinajstić information content (AvgIpc) is 2.47. The van der Waals surface area contributed by atoms with E-state index in [2.05, 4.69) is 10.6 Å². The maximum atomic E-state index is 12.1. The zero-order valence-electron chi connectivity index (χ0n) is 14.3. The Bertz CT molecular complexity index is 600. The number of ether oxygens (including phenoxy) is 2. The fourth-order valence-corrected chi connectivity index (χ4v) is 2.54. The molecule has 140 valence electrons. The van der Waals surface area contributed by atoms with Crippen molar-refractivity contribution in [3.8, 4) is 5.75 Å². The SMILES string of the molecule is COCCOc1c(Cl)cc(NC(=O)NC(C)(C)CCC(=O)O)cc1Cl. The predicted molar refractivity (Wildman–Crippen MR) is 96.9 cm³/mol. The molecule has 0 aliphatic rings. The second-order valence-corrected chi connectivity index (χ2v) is 6.78. The van der Waals surface area contributed by atoms with E-state index in [1.54, 1.807) is 21.0 Å². The molecule has 0 bridgehead atoms. The number of hydrogen-bond donors (Lipinski definition) is 3. The monoisotopic (exact) mass is 392 g/mol. The van der Waals surface area contributed by atoms with Crippen molar-refractivity contribution in [1.82, 2.24) is 5.32 Å². The van der Waals surface area contributed by atoms with E-state index in [9.17, 15) is 9.59 Å². The van der Waals surface area contributed by atoms with Gasteiger partial charge in [0.2, 0.25) is 0 Å². The fourth-order valence-electron chi connectivity index (χ4n) is 1.95. The third-order valence-corrected chi connectivity index (χ3v) is 3.77. The smallest absolute Gasteiger partial charge is 0.319 e. The number of anilines is 1. The molecule has 0 atom stereocenters. The molecule has 0 unspecified atom stereocenters. The van der Waals surface area contributed by atoms with E-state index >= 15 is 0 Å². The first-order valence-corrected chi connectivity index (χ1v) is 8.32. The summed E-state index contributed by atoms with van der Waals surface area (Å²) < 4.78 is 10.3. The van der Waals surface area contributed by atoms with Crippen LogP contribution >= 0.6 is 23.2 Å². The summed E-state index contributed by atoms with van der Waals surface area (Å²) in [4.78, 5) is 22.7. The Hall–Kier alpha value is -1.70. The zero-order valence-corrected chi connectivity index (χ0v) is 15.8. The number of aliphatic carboxylic acids is 1. The molecular formula is C16H22Cl2N2O5. The number of hydrogen-bond acceptors (Lipinski definition) is 4.